The number of ketones is 1. The number of nitrogens with one attached hydrogen (secondary N) is 1. The Bertz CT molecular complexity index is 726. The fourth-order valence-corrected chi connectivity index (χ4v) is 3.29. The highest BCUT2D eigenvalue weighted by molar-refractivity contribution is 5.92. The number of carbonyl (C=O) groups is 2. The van der Waals surface area contributed by atoms with E-state index >= 15 is 0 Å². The van der Waals surface area contributed by atoms with Gasteiger partial charge in [-0.15, -0.1) is 0 Å². The molecule has 1 saturated heterocycles. The standard InChI is InChI=1S/C19H24N4O2/c1-22-13-17(11-20-22)21-19(25)14-23-9-5-8-16(12-23)18(24)10-15-6-3-2-4-7-15/h2-4,6-7,11,13,16H,5,8-10,12,14H2,1H3,(H,21,25). The van der Waals surface area contributed by atoms with Gasteiger partial charge in [0.25, 0.3) is 0 Å². The van der Waals surface area contributed by atoms with E-state index in [1.165, 1.54) is 0 Å². The summed E-state index contributed by atoms with van der Waals surface area (Å²) in [5, 5.41) is 6.88. The molecule has 1 atom stereocenters. The van der Waals surface area contributed by atoms with Crippen LogP contribution in [-0.2, 0) is 23.1 Å². The lowest BCUT2D eigenvalue weighted by molar-refractivity contribution is -0.125. The molecular weight excluding hydrogens is 316 g/mol. The minimum absolute atomic E-state index is 0.0140. The number of nitrogens with zero attached hydrogens (tertiary/aromatic N) is 3. The summed E-state index contributed by atoms with van der Waals surface area (Å²) >= 11 is 0. The highest BCUT2D eigenvalue weighted by Crippen LogP contribution is 2.19. The molecule has 1 aliphatic rings. The van der Waals surface area contributed by atoms with E-state index in [4.69, 9.17) is 0 Å². The first-order valence-corrected chi connectivity index (χ1v) is 8.67. The molecule has 3 rings (SSSR count). The first kappa shape index (κ1) is 17.4. The summed E-state index contributed by atoms with van der Waals surface area (Å²) in [4.78, 5) is 26.8. The van der Waals surface area contributed by atoms with Gasteiger partial charge in [0.15, 0.2) is 0 Å². The zero-order valence-electron chi connectivity index (χ0n) is 14.5. The largest absolute Gasteiger partial charge is 0.322 e. The molecule has 132 valence electrons. The smallest absolute Gasteiger partial charge is 0.238 e. The predicted octanol–water partition coefficient (Wildman–Crippen LogP) is 1.88. The van der Waals surface area contributed by atoms with Crippen LogP contribution < -0.4 is 5.32 Å². The van der Waals surface area contributed by atoms with Gasteiger partial charge in [0.05, 0.1) is 18.4 Å². The van der Waals surface area contributed by atoms with Crippen molar-refractivity contribution in [1.29, 1.82) is 0 Å². The normalized spacial score (nSPS) is 18.0. The molecule has 0 spiro atoms. The van der Waals surface area contributed by atoms with Crippen LogP contribution in [0.5, 0.6) is 0 Å². The molecule has 6 heteroatoms. The summed E-state index contributed by atoms with van der Waals surface area (Å²) in [6.07, 6.45) is 5.72. The molecule has 6 nitrogen and oxygen atoms in total. The quantitative estimate of drug-likeness (QED) is 0.872. The van der Waals surface area contributed by atoms with E-state index in [0.717, 1.165) is 24.9 Å². The highest BCUT2D eigenvalue weighted by Gasteiger charge is 2.26. The lowest BCUT2D eigenvalue weighted by Crippen LogP contribution is -2.42. The van der Waals surface area contributed by atoms with Gasteiger partial charge in [-0.3, -0.25) is 19.2 Å². The van der Waals surface area contributed by atoms with Gasteiger partial charge < -0.3 is 5.32 Å². The first-order chi connectivity index (χ1) is 12.1. The Labute approximate surface area is 147 Å². The maximum absolute atomic E-state index is 12.6. The summed E-state index contributed by atoms with van der Waals surface area (Å²) in [6.45, 7) is 1.83. The average molecular weight is 340 g/mol. The Morgan fingerprint density at radius 2 is 2.08 bits per heavy atom. The lowest BCUT2D eigenvalue weighted by atomic mass is 9.90. The van der Waals surface area contributed by atoms with Gasteiger partial charge in [-0.05, 0) is 24.9 Å². The van der Waals surface area contributed by atoms with Crippen molar-refractivity contribution in [2.45, 2.75) is 19.3 Å². The molecule has 0 aliphatic carbocycles. The van der Waals surface area contributed by atoms with Gasteiger partial charge >= 0.3 is 0 Å². The third-order valence-electron chi connectivity index (χ3n) is 4.54. The summed E-state index contributed by atoms with van der Waals surface area (Å²) in [5.74, 6) is 0.216. The van der Waals surface area contributed by atoms with Crippen molar-refractivity contribution in [3.8, 4) is 0 Å². The third kappa shape index (κ3) is 5.00. The maximum atomic E-state index is 12.6. The number of anilines is 1. The van der Waals surface area contributed by atoms with Crippen molar-refractivity contribution < 1.29 is 9.59 Å². The molecule has 1 N–H and O–H groups in total. The molecular formula is C19H24N4O2. The number of hydrogen-bond donors (Lipinski definition) is 1. The van der Waals surface area contributed by atoms with Crippen LogP contribution in [0.1, 0.15) is 18.4 Å². The van der Waals surface area contributed by atoms with Crippen LogP contribution in [0.3, 0.4) is 0 Å². The molecule has 2 aromatic rings. The minimum atomic E-state index is -0.0656. The second-order valence-corrected chi connectivity index (χ2v) is 6.65. The Balaban J connectivity index is 1.50. The third-order valence-corrected chi connectivity index (χ3v) is 4.54. The molecule has 1 amide bonds. The summed E-state index contributed by atoms with van der Waals surface area (Å²) < 4.78 is 1.65. The van der Waals surface area contributed by atoms with E-state index < -0.39 is 0 Å². The Morgan fingerprint density at radius 3 is 2.80 bits per heavy atom. The summed E-state index contributed by atoms with van der Waals surface area (Å²) in [5.41, 5.74) is 1.75. The number of Topliss-reactive ketones (excluding diaryl/α,β-unsaturated/α-hetero) is 1. The summed E-state index contributed by atoms with van der Waals surface area (Å²) in [6, 6.07) is 9.84. The molecule has 1 aromatic carbocycles. The molecule has 1 aromatic heterocycles. The molecule has 1 fully saturated rings. The van der Waals surface area contributed by atoms with E-state index in [9.17, 15) is 9.59 Å². The van der Waals surface area contributed by atoms with Gasteiger partial charge in [0, 0.05) is 32.1 Å². The predicted molar refractivity (Wildman–Crippen MR) is 96.2 cm³/mol. The number of hydrogen-bond acceptors (Lipinski definition) is 4. The molecule has 0 saturated carbocycles. The van der Waals surface area contributed by atoms with Crippen LogP contribution in [0.25, 0.3) is 0 Å². The van der Waals surface area contributed by atoms with Crippen LogP contribution in [0.4, 0.5) is 5.69 Å². The molecule has 2 heterocycles. The number of carbonyl (C=O) groups excluding carboxylic acids is 2. The van der Waals surface area contributed by atoms with Gasteiger partial charge in [0.2, 0.25) is 5.91 Å². The molecule has 1 unspecified atom stereocenters. The second-order valence-electron chi connectivity index (χ2n) is 6.65. The minimum Gasteiger partial charge on any atom is -0.322 e. The average Bonchev–Trinajstić information content (AvgIpc) is 3.00. The maximum Gasteiger partial charge on any atom is 0.238 e. The number of likely N-dealkylation sites (tertiary alicyclic amines) is 1. The Morgan fingerprint density at radius 1 is 1.28 bits per heavy atom. The Hall–Kier alpha value is -2.47. The van der Waals surface area contributed by atoms with Crippen LogP contribution in [-0.4, -0.2) is 46.0 Å². The zero-order chi connectivity index (χ0) is 17.6. The monoisotopic (exact) mass is 340 g/mol. The number of benzene rings is 1. The number of aromatic nitrogens is 2. The van der Waals surface area contributed by atoms with Gasteiger partial charge in [-0.25, -0.2) is 0 Å². The number of amides is 1. The second kappa shape index (κ2) is 8.07. The van der Waals surface area contributed by atoms with E-state index in [-0.39, 0.29) is 17.6 Å². The number of aryl methyl sites for hydroxylation is 1. The van der Waals surface area contributed by atoms with Gasteiger partial charge in [-0.1, -0.05) is 30.3 Å². The molecule has 0 radical (unpaired) electrons. The highest BCUT2D eigenvalue weighted by atomic mass is 16.2. The van der Waals surface area contributed by atoms with Crippen LogP contribution in [0.2, 0.25) is 0 Å². The number of rotatable bonds is 6. The van der Waals surface area contributed by atoms with Crippen LogP contribution in [0.15, 0.2) is 42.7 Å². The SMILES string of the molecule is Cn1cc(NC(=O)CN2CCCC(C(=O)Cc3ccccc3)C2)cn1. The van der Waals surface area contributed by atoms with Crippen molar-refractivity contribution in [1.82, 2.24) is 14.7 Å². The summed E-state index contributed by atoms with van der Waals surface area (Å²) in [7, 11) is 1.81. The first-order valence-electron chi connectivity index (χ1n) is 8.67. The van der Waals surface area contributed by atoms with Crippen LogP contribution >= 0.6 is 0 Å². The van der Waals surface area contributed by atoms with Crippen molar-refractivity contribution in [3.05, 3.63) is 48.3 Å². The van der Waals surface area contributed by atoms with Crippen molar-refractivity contribution in [2.24, 2.45) is 13.0 Å². The van der Waals surface area contributed by atoms with E-state index in [0.29, 0.717) is 25.2 Å². The number of piperidine rings is 1. The zero-order valence-corrected chi connectivity index (χ0v) is 14.5. The molecule has 25 heavy (non-hydrogen) atoms. The topological polar surface area (TPSA) is 67.2 Å². The fraction of sp³-hybridized carbons (Fsp3) is 0.421. The van der Waals surface area contributed by atoms with Gasteiger partial charge in [0.1, 0.15) is 5.78 Å². The van der Waals surface area contributed by atoms with Crippen LogP contribution in [0, 0.1) is 5.92 Å². The Kier molecular flexibility index (Phi) is 5.60. The van der Waals surface area contributed by atoms with Crippen molar-refractivity contribution in [2.75, 3.05) is 25.0 Å². The van der Waals surface area contributed by atoms with Gasteiger partial charge in [-0.2, -0.15) is 5.10 Å². The van der Waals surface area contributed by atoms with Crippen molar-refractivity contribution >= 4 is 17.4 Å². The van der Waals surface area contributed by atoms with E-state index in [1.807, 2.05) is 37.4 Å². The van der Waals surface area contributed by atoms with E-state index in [2.05, 4.69) is 15.3 Å². The van der Waals surface area contributed by atoms with E-state index in [1.54, 1.807) is 17.1 Å². The molecule has 0 bridgehead atoms. The fourth-order valence-electron chi connectivity index (χ4n) is 3.29. The van der Waals surface area contributed by atoms with Crippen molar-refractivity contribution in [3.63, 3.8) is 0 Å². The lowest BCUT2D eigenvalue weighted by Gasteiger charge is -2.31. The molecule has 1 aliphatic heterocycles.